The SMILES string of the molecule is CCCCn1nc(-c2cccs2)cc(C#N)c1=O. The Hall–Kier alpha value is -1.93. The van der Waals surface area contributed by atoms with Crippen LogP contribution >= 0.6 is 11.3 Å². The zero-order valence-electron chi connectivity index (χ0n) is 10.1. The number of aryl methyl sites for hydroxylation is 1. The fraction of sp³-hybridized carbons (Fsp3) is 0.308. The summed E-state index contributed by atoms with van der Waals surface area (Å²) in [6.45, 7) is 2.61. The van der Waals surface area contributed by atoms with Gasteiger partial charge in [0.05, 0.1) is 4.88 Å². The topological polar surface area (TPSA) is 58.7 Å². The fourth-order valence-corrected chi connectivity index (χ4v) is 2.31. The summed E-state index contributed by atoms with van der Waals surface area (Å²) in [4.78, 5) is 12.9. The zero-order valence-corrected chi connectivity index (χ0v) is 10.9. The van der Waals surface area contributed by atoms with E-state index < -0.39 is 0 Å². The lowest BCUT2D eigenvalue weighted by atomic mass is 10.2. The largest absolute Gasteiger partial charge is 0.284 e. The molecule has 0 bridgehead atoms. The average molecular weight is 259 g/mol. The molecule has 0 N–H and O–H groups in total. The molecule has 0 saturated heterocycles. The predicted molar refractivity (Wildman–Crippen MR) is 71.4 cm³/mol. The Morgan fingerprint density at radius 3 is 3.00 bits per heavy atom. The van der Waals surface area contributed by atoms with Crippen LogP contribution in [0.25, 0.3) is 10.6 Å². The lowest BCUT2D eigenvalue weighted by Crippen LogP contribution is -2.25. The molecule has 5 heteroatoms. The molecule has 0 atom stereocenters. The van der Waals surface area contributed by atoms with Crippen LogP contribution in [0.4, 0.5) is 0 Å². The summed E-state index contributed by atoms with van der Waals surface area (Å²) >= 11 is 1.55. The van der Waals surface area contributed by atoms with Crippen molar-refractivity contribution in [2.75, 3.05) is 0 Å². The Morgan fingerprint density at radius 1 is 1.56 bits per heavy atom. The summed E-state index contributed by atoms with van der Waals surface area (Å²) in [5, 5.41) is 15.3. The van der Waals surface area contributed by atoms with Gasteiger partial charge in [-0.3, -0.25) is 4.79 Å². The molecule has 0 saturated carbocycles. The molecule has 2 aromatic rings. The van der Waals surface area contributed by atoms with Gasteiger partial charge in [-0.1, -0.05) is 19.4 Å². The molecule has 2 aromatic heterocycles. The van der Waals surface area contributed by atoms with Crippen LogP contribution < -0.4 is 5.56 Å². The first kappa shape index (κ1) is 12.5. The number of rotatable bonds is 4. The van der Waals surface area contributed by atoms with Crippen molar-refractivity contribution in [2.45, 2.75) is 26.3 Å². The van der Waals surface area contributed by atoms with Gasteiger partial charge in [-0.2, -0.15) is 10.4 Å². The molecule has 0 aliphatic heterocycles. The van der Waals surface area contributed by atoms with E-state index in [0.29, 0.717) is 12.2 Å². The van der Waals surface area contributed by atoms with Crippen molar-refractivity contribution in [1.29, 1.82) is 5.26 Å². The van der Waals surface area contributed by atoms with Crippen LogP contribution in [0.1, 0.15) is 25.3 Å². The van der Waals surface area contributed by atoms with Crippen LogP contribution in [0.2, 0.25) is 0 Å². The molecule has 18 heavy (non-hydrogen) atoms. The minimum absolute atomic E-state index is 0.157. The third-order valence-electron chi connectivity index (χ3n) is 2.59. The van der Waals surface area contributed by atoms with Gasteiger partial charge in [0, 0.05) is 6.54 Å². The number of aromatic nitrogens is 2. The first-order valence-corrected chi connectivity index (χ1v) is 6.70. The van der Waals surface area contributed by atoms with E-state index in [9.17, 15) is 4.79 Å². The van der Waals surface area contributed by atoms with Gasteiger partial charge in [0.2, 0.25) is 0 Å². The van der Waals surface area contributed by atoms with Crippen molar-refractivity contribution in [1.82, 2.24) is 9.78 Å². The molecule has 0 aromatic carbocycles. The highest BCUT2D eigenvalue weighted by molar-refractivity contribution is 7.13. The molecule has 0 unspecified atom stereocenters. The lowest BCUT2D eigenvalue weighted by molar-refractivity contribution is 0.544. The van der Waals surface area contributed by atoms with Crippen LogP contribution in [0.5, 0.6) is 0 Å². The molecule has 0 spiro atoms. The summed E-state index contributed by atoms with van der Waals surface area (Å²) in [5.41, 5.74) is 0.549. The van der Waals surface area contributed by atoms with Crippen LogP contribution in [0.3, 0.4) is 0 Å². The van der Waals surface area contributed by atoms with Gasteiger partial charge >= 0.3 is 0 Å². The van der Waals surface area contributed by atoms with E-state index in [1.807, 2.05) is 23.6 Å². The maximum atomic E-state index is 11.9. The van der Waals surface area contributed by atoms with E-state index in [0.717, 1.165) is 17.7 Å². The van der Waals surface area contributed by atoms with Crippen molar-refractivity contribution in [2.24, 2.45) is 0 Å². The van der Waals surface area contributed by atoms with Gasteiger partial charge in [-0.05, 0) is 23.9 Å². The Balaban J connectivity index is 2.50. The van der Waals surface area contributed by atoms with E-state index in [4.69, 9.17) is 5.26 Å². The van der Waals surface area contributed by atoms with Crippen molar-refractivity contribution in [3.05, 3.63) is 39.5 Å². The van der Waals surface area contributed by atoms with E-state index >= 15 is 0 Å². The molecular formula is C13H13N3OS. The molecule has 0 fully saturated rings. The van der Waals surface area contributed by atoms with Crippen LogP contribution in [-0.4, -0.2) is 9.78 Å². The zero-order chi connectivity index (χ0) is 13.0. The Bertz CT molecular complexity index is 623. The molecule has 2 rings (SSSR count). The number of unbranched alkanes of at least 4 members (excludes halogenated alkanes) is 1. The maximum absolute atomic E-state index is 11.9. The van der Waals surface area contributed by atoms with Crippen molar-refractivity contribution in [3.8, 4) is 16.6 Å². The summed E-state index contributed by atoms with van der Waals surface area (Å²) < 4.78 is 1.40. The molecule has 92 valence electrons. The van der Waals surface area contributed by atoms with E-state index in [-0.39, 0.29) is 11.1 Å². The molecule has 0 aliphatic rings. The van der Waals surface area contributed by atoms with E-state index in [1.54, 1.807) is 17.4 Å². The number of nitriles is 1. The highest BCUT2D eigenvalue weighted by Gasteiger charge is 2.09. The van der Waals surface area contributed by atoms with Crippen molar-refractivity contribution < 1.29 is 0 Å². The van der Waals surface area contributed by atoms with E-state index in [2.05, 4.69) is 12.0 Å². The quantitative estimate of drug-likeness (QED) is 0.848. The summed E-state index contributed by atoms with van der Waals surface area (Å²) in [6, 6.07) is 7.37. The molecule has 0 radical (unpaired) electrons. The van der Waals surface area contributed by atoms with Crippen LogP contribution in [0, 0.1) is 11.3 Å². The Labute approximate surface area is 109 Å². The normalized spacial score (nSPS) is 10.2. The first-order chi connectivity index (χ1) is 8.76. The predicted octanol–water partition coefficient (Wildman–Crippen LogP) is 2.64. The first-order valence-electron chi connectivity index (χ1n) is 5.82. The fourth-order valence-electron chi connectivity index (χ4n) is 1.63. The van der Waals surface area contributed by atoms with Gasteiger partial charge < -0.3 is 0 Å². The molecule has 4 nitrogen and oxygen atoms in total. The summed E-state index contributed by atoms with van der Waals surface area (Å²) in [6.07, 6.45) is 1.87. The average Bonchev–Trinajstić information content (AvgIpc) is 2.91. The number of hydrogen-bond acceptors (Lipinski definition) is 4. The van der Waals surface area contributed by atoms with Crippen LogP contribution in [-0.2, 0) is 6.54 Å². The lowest BCUT2D eigenvalue weighted by Gasteiger charge is -2.06. The Kier molecular flexibility index (Phi) is 3.90. The second-order valence-corrected chi connectivity index (χ2v) is 4.86. The number of hydrogen-bond donors (Lipinski definition) is 0. The second-order valence-electron chi connectivity index (χ2n) is 3.91. The minimum atomic E-state index is -0.300. The van der Waals surface area contributed by atoms with Gasteiger partial charge in [-0.25, -0.2) is 4.68 Å². The van der Waals surface area contributed by atoms with Gasteiger partial charge in [0.25, 0.3) is 5.56 Å². The monoisotopic (exact) mass is 259 g/mol. The number of thiophene rings is 1. The smallest absolute Gasteiger partial charge is 0.266 e. The molecule has 2 heterocycles. The molecule has 0 aliphatic carbocycles. The van der Waals surface area contributed by atoms with Gasteiger partial charge in [-0.15, -0.1) is 11.3 Å². The summed E-state index contributed by atoms with van der Waals surface area (Å²) in [5.74, 6) is 0. The minimum Gasteiger partial charge on any atom is -0.266 e. The van der Waals surface area contributed by atoms with Crippen LogP contribution in [0.15, 0.2) is 28.4 Å². The molecular weight excluding hydrogens is 246 g/mol. The maximum Gasteiger partial charge on any atom is 0.284 e. The third kappa shape index (κ3) is 2.49. The highest BCUT2D eigenvalue weighted by Crippen LogP contribution is 2.22. The highest BCUT2D eigenvalue weighted by atomic mass is 32.1. The summed E-state index contributed by atoms with van der Waals surface area (Å²) in [7, 11) is 0. The van der Waals surface area contributed by atoms with Gasteiger partial charge in [0.1, 0.15) is 17.3 Å². The standard InChI is InChI=1S/C13H13N3OS/c1-2-3-6-16-13(17)10(9-14)8-11(15-16)12-5-4-7-18-12/h4-5,7-8H,2-3,6H2,1H3. The van der Waals surface area contributed by atoms with Gasteiger partial charge in [0.15, 0.2) is 0 Å². The van der Waals surface area contributed by atoms with Crippen molar-refractivity contribution >= 4 is 11.3 Å². The Morgan fingerprint density at radius 2 is 2.39 bits per heavy atom. The third-order valence-corrected chi connectivity index (χ3v) is 3.48. The second kappa shape index (κ2) is 5.61. The molecule has 0 amide bonds. The number of nitrogens with zero attached hydrogens (tertiary/aromatic N) is 3. The van der Waals surface area contributed by atoms with Crippen molar-refractivity contribution in [3.63, 3.8) is 0 Å². The van der Waals surface area contributed by atoms with E-state index in [1.165, 1.54) is 4.68 Å².